The molecule has 0 saturated carbocycles. The summed E-state index contributed by atoms with van der Waals surface area (Å²) in [5.41, 5.74) is 0. The minimum Gasteiger partial charge on any atom is -0.380 e. The molecule has 0 spiro atoms. The molecule has 20 heavy (non-hydrogen) atoms. The molecule has 2 aliphatic rings. The predicted octanol–water partition coefficient (Wildman–Crippen LogP) is 1.10. The van der Waals surface area contributed by atoms with Crippen molar-refractivity contribution in [1.29, 1.82) is 0 Å². The van der Waals surface area contributed by atoms with E-state index < -0.39 is 9.84 Å². The summed E-state index contributed by atoms with van der Waals surface area (Å²) in [5.74, 6) is 1.54. The minimum atomic E-state index is -3.20. The highest BCUT2D eigenvalue weighted by molar-refractivity contribution is 7.91. The second kappa shape index (κ2) is 5.81. The molecule has 0 bridgehead atoms. The predicted molar refractivity (Wildman–Crippen MR) is 74.0 cm³/mol. The maximum Gasteiger partial charge on any atom is 0.162 e. The molecule has 6 nitrogen and oxygen atoms in total. The molecule has 1 aromatic rings. The zero-order chi connectivity index (χ0) is 14.0. The van der Waals surface area contributed by atoms with Crippen molar-refractivity contribution in [2.75, 3.05) is 13.2 Å². The number of hydrogen-bond acceptors (Lipinski definition) is 5. The van der Waals surface area contributed by atoms with Crippen LogP contribution in [-0.4, -0.2) is 41.6 Å². The first-order chi connectivity index (χ1) is 9.67. The lowest BCUT2D eigenvalue weighted by Crippen LogP contribution is -2.32. The Hall–Kier alpha value is -0.950. The Morgan fingerprint density at radius 1 is 1.20 bits per heavy atom. The molecule has 0 radical (unpaired) electrons. The van der Waals surface area contributed by atoms with Gasteiger partial charge in [0.05, 0.1) is 11.9 Å². The third kappa shape index (κ3) is 2.88. The lowest BCUT2D eigenvalue weighted by molar-refractivity contribution is 0.0990. The van der Waals surface area contributed by atoms with Gasteiger partial charge in [0.15, 0.2) is 9.84 Å². The number of rotatable bonds is 3. The van der Waals surface area contributed by atoms with Crippen molar-refractivity contribution in [2.45, 2.75) is 56.1 Å². The molecule has 1 aromatic heterocycles. The zero-order valence-corrected chi connectivity index (χ0v) is 12.4. The number of fused-ring (bicyclic) bond motifs is 1. The van der Waals surface area contributed by atoms with Gasteiger partial charge in [0.1, 0.15) is 17.4 Å². The van der Waals surface area contributed by atoms with Crippen molar-refractivity contribution in [3.63, 3.8) is 0 Å². The van der Waals surface area contributed by atoms with E-state index in [1.165, 1.54) is 6.42 Å². The molecule has 1 atom stereocenters. The third-order valence-electron chi connectivity index (χ3n) is 4.14. The fourth-order valence-electron chi connectivity index (χ4n) is 2.94. The summed E-state index contributed by atoms with van der Waals surface area (Å²) in [6.07, 6.45) is 5.78. The third-order valence-corrected chi connectivity index (χ3v) is 6.19. The van der Waals surface area contributed by atoms with Gasteiger partial charge in [0, 0.05) is 19.6 Å². The number of aryl methyl sites for hydroxylation is 1. The number of hydrogen-bond donors (Lipinski definition) is 0. The topological polar surface area (TPSA) is 74.1 Å². The van der Waals surface area contributed by atoms with Gasteiger partial charge in [-0.05, 0) is 25.7 Å². The molecule has 1 fully saturated rings. The van der Waals surface area contributed by atoms with Crippen LogP contribution in [0.15, 0.2) is 0 Å². The van der Waals surface area contributed by atoms with Gasteiger partial charge in [0.2, 0.25) is 0 Å². The molecule has 1 unspecified atom stereocenters. The molecule has 0 aromatic carbocycles. The summed E-state index contributed by atoms with van der Waals surface area (Å²) in [6.45, 7) is 1.84. The highest BCUT2D eigenvalue weighted by atomic mass is 32.2. The first kappa shape index (κ1) is 14.0. The highest BCUT2D eigenvalue weighted by Crippen LogP contribution is 2.21. The SMILES string of the molecule is O=S(=O)(Cc1nnc2n1CCCCC2)C1CCCOC1. The normalized spacial score (nSPS) is 24.1. The Balaban J connectivity index is 1.78. The van der Waals surface area contributed by atoms with Crippen molar-refractivity contribution >= 4 is 9.84 Å². The average molecular weight is 299 g/mol. The number of ether oxygens (including phenoxy) is 1. The summed E-state index contributed by atoms with van der Waals surface area (Å²) >= 11 is 0. The Morgan fingerprint density at radius 3 is 2.90 bits per heavy atom. The van der Waals surface area contributed by atoms with Crippen molar-refractivity contribution in [1.82, 2.24) is 14.8 Å². The fourth-order valence-corrected chi connectivity index (χ4v) is 4.58. The first-order valence-corrected chi connectivity index (χ1v) is 9.08. The molecule has 2 aliphatic heterocycles. The quantitative estimate of drug-likeness (QED) is 0.835. The molecular formula is C13H21N3O3S. The largest absolute Gasteiger partial charge is 0.380 e. The number of sulfone groups is 1. The highest BCUT2D eigenvalue weighted by Gasteiger charge is 2.30. The summed E-state index contributed by atoms with van der Waals surface area (Å²) in [7, 11) is -3.20. The molecular weight excluding hydrogens is 278 g/mol. The Morgan fingerprint density at radius 2 is 2.10 bits per heavy atom. The molecule has 0 amide bonds. The first-order valence-electron chi connectivity index (χ1n) is 7.37. The van der Waals surface area contributed by atoms with Crippen LogP contribution in [0, 0.1) is 0 Å². The second-order valence-corrected chi connectivity index (χ2v) is 7.92. The molecule has 0 aliphatic carbocycles. The molecule has 3 heterocycles. The molecule has 3 rings (SSSR count). The van der Waals surface area contributed by atoms with Crippen LogP contribution >= 0.6 is 0 Å². The Bertz CT molecular complexity index is 561. The van der Waals surface area contributed by atoms with Gasteiger partial charge < -0.3 is 9.30 Å². The average Bonchev–Trinajstić information content (AvgIpc) is 2.68. The van der Waals surface area contributed by atoms with E-state index in [1.807, 2.05) is 4.57 Å². The molecule has 112 valence electrons. The van der Waals surface area contributed by atoms with Gasteiger partial charge in [-0.15, -0.1) is 10.2 Å². The van der Waals surface area contributed by atoms with Crippen LogP contribution < -0.4 is 0 Å². The van der Waals surface area contributed by atoms with Crippen LogP contribution in [0.5, 0.6) is 0 Å². The van der Waals surface area contributed by atoms with E-state index in [0.717, 1.165) is 38.1 Å². The van der Waals surface area contributed by atoms with Crippen molar-refractivity contribution in [3.8, 4) is 0 Å². The minimum absolute atomic E-state index is 0.00593. The molecule has 1 saturated heterocycles. The smallest absolute Gasteiger partial charge is 0.162 e. The van der Waals surface area contributed by atoms with Gasteiger partial charge in [-0.1, -0.05) is 6.42 Å². The van der Waals surface area contributed by atoms with E-state index in [9.17, 15) is 8.42 Å². The Labute approximate surface area is 119 Å². The van der Waals surface area contributed by atoms with Crippen LogP contribution in [0.1, 0.15) is 43.8 Å². The monoisotopic (exact) mass is 299 g/mol. The summed E-state index contributed by atoms with van der Waals surface area (Å²) in [6, 6.07) is 0. The molecule has 0 N–H and O–H groups in total. The van der Waals surface area contributed by atoms with Crippen molar-refractivity contribution < 1.29 is 13.2 Å². The fraction of sp³-hybridized carbons (Fsp3) is 0.846. The molecule has 7 heteroatoms. The van der Waals surface area contributed by atoms with Crippen molar-refractivity contribution in [3.05, 3.63) is 11.6 Å². The summed E-state index contributed by atoms with van der Waals surface area (Å²) < 4.78 is 32.2. The van der Waals surface area contributed by atoms with Crippen LogP contribution in [0.25, 0.3) is 0 Å². The van der Waals surface area contributed by atoms with Crippen LogP contribution in [0.2, 0.25) is 0 Å². The van der Waals surface area contributed by atoms with Gasteiger partial charge in [-0.25, -0.2) is 8.42 Å². The standard InChI is InChI=1S/C13H21N3O3S/c17-20(18,11-5-4-8-19-9-11)10-13-15-14-12-6-2-1-3-7-16(12)13/h11H,1-10H2. The maximum atomic E-state index is 12.5. The van der Waals surface area contributed by atoms with E-state index in [2.05, 4.69) is 10.2 Å². The van der Waals surface area contributed by atoms with E-state index in [-0.39, 0.29) is 11.0 Å². The van der Waals surface area contributed by atoms with Gasteiger partial charge >= 0.3 is 0 Å². The Kier molecular flexibility index (Phi) is 4.07. The number of aromatic nitrogens is 3. The van der Waals surface area contributed by atoms with E-state index in [4.69, 9.17) is 4.74 Å². The van der Waals surface area contributed by atoms with E-state index in [1.54, 1.807) is 0 Å². The van der Waals surface area contributed by atoms with Gasteiger partial charge in [-0.2, -0.15) is 0 Å². The lowest BCUT2D eigenvalue weighted by Gasteiger charge is -2.22. The van der Waals surface area contributed by atoms with Crippen LogP contribution in [-0.2, 0) is 33.3 Å². The van der Waals surface area contributed by atoms with Crippen molar-refractivity contribution in [2.24, 2.45) is 0 Å². The van der Waals surface area contributed by atoms with E-state index in [0.29, 0.717) is 25.5 Å². The lowest BCUT2D eigenvalue weighted by atomic mass is 10.2. The zero-order valence-electron chi connectivity index (χ0n) is 11.6. The summed E-state index contributed by atoms with van der Waals surface area (Å²) in [4.78, 5) is 0. The second-order valence-electron chi connectivity index (χ2n) is 5.64. The summed E-state index contributed by atoms with van der Waals surface area (Å²) in [5, 5.41) is 7.90. The van der Waals surface area contributed by atoms with Gasteiger partial charge in [0.25, 0.3) is 0 Å². The van der Waals surface area contributed by atoms with Gasteiger partial charge in [-0.3, -0.25) is 0 Å². The van der Waals surface area contributed by atoms with E-state index >= 15 is 0 Å². The maximum absolute atomic E-state index is 12.5. The van der Waals surface area contributed by atoms with Crippen LogP contribution in [0.4, 0.5) is 0 Å². The van der Waals surface area contributed by atoms with Crippen LogP contribution in [0.3, 0.4) is 0 Å². The number of nitrogens with zero attached hydrogens (tertiary/aromatic N) is 3.